The molecule has 0 radical (unpaired) electrons. The van der Waals surface area contributed by atoms with Gasteiger partial charge in [-0.1, -0.05) is 32.6 Å². The molecule has 2 fully saturated rings. The Morgan fingerprint density at radius 1 is 1.11 bits per heavy atom. The van der Waals surface area contributed by atoms with Crippen molar-refractivity contribution in [2.75, 3.05) is 6.54 Å². The predicted molar refractivity (Wildman–Crippen MR) is 81.9 cm³/mol. The molecule has 1 unspecified atom stereocenters. The maximum Gasteiger partial charge on any atom is 0.169 e. The number of likely N-dealkylation sites (tertiary alicyclic amines) is 1. The van der Waals surface area contributed by atoms with Crippen molar-refractivity contribution < 1.29 is 0 Å². The quantitative estimate of drug-likeness (QED) is 0.783. The summed E-state index contributed by atoms with van der Waals surface area (Å²) in [6, 6.07) is 1.35. The van der Waals surface area contributed by atoms with Crippen LogP contribution in [0.25, 0.3) is 0 Å². The van der Waals surface area contributed by atoms with Crippen molar-refractivity contribution in [3.63, 3.8) is 0 Å². The molecule has 0 spiro atoms. The fourth-order valence-electron chi connectivity index (χ4n) is 3.41. The van der Waals surface area contributed by atoms with Gasteiger partial charge in [-0.05, 0) is 50.7 Å². The van der Waals surface area contributed by atoms with Gasteiger partial charge in [-0.3, -0.25) is 0 Å². The van der Waals surface area contributed by atoms with Gasteiger partial charge in [0.25, 0.3) is 0 Å². The summed E-state index contributed by atoms with van der Waals surface area (Å²) in [6.45, 7) is 3.45. The Kier molecular flexibility index (Phi) is 5.74. The Balaban J connectivity index is 1.84. The first-order chi connectivity index (χ1) is 8.81. The molecule has 1 saturated carbocycles. The molecule has 1 atom stereocenters. The fraction of sp³-hybridized carbons (Fsp3) is 0.933. The molecule has 0 aromatic heterocycles. The molecular weight excluding hydrogens is 240 g/mol. The second kappa shape index (κ2) is 7.32. The average molecular weight is 268 g/mol. The van der Waals surface area contributed by atoms with E-state index in [4.69, 9.17) is 12.2 Å². The molecule has 1 N–H and O–H groups in total. The van der Waals surface area contributed by atoms with Crippen molar-refractivity contribution in [3.05, 3.63) is 0 Å². The molecule has 1 heterocycles. The van der Waals surface area contributed by atoms with Crippen molar-refractivity contribution in [2.45, 2.75) is 83.2 Å². The molecule has 1 aliphatic carbocycles. The van der Waals surface area contributed by atoms with E-state index in [0.29, 0.717) is 12.1 Å². The third kappa shape index (κ3) is 3.84. The van der Waals surface area contributed by atoms with E-state index in [0.717, 1.165) is 5.11 Å². The first-order valence-electron chi connectivity index (χ1n) is 7.88. The van der Waals surface area contributed by atoms with E-state index in [9.17, 15) is 0 Å². The number of hydrogen-bond acceptors (Lipinski definition) is 1. The van der Waals surface area contributed by atoms with E-state index in [1.807, 2.05) is 0 Å². The van der Waals surface area contributed by atoms with Gasteiger partial charge in [0.05, 0.1) is 0 Å². The van der Waals surface area contributed by atoms with Crippen LogP contribution >= 0.6 is 12.2 Å². The molecule has 2 rings (SSSR count). The molecule has 2 aliphatic rings. The minimum absolute atomic E-state index is 0.649. The highest BCUT2D eigenvalue weighted by molar-refractivity contribution is 7.80. The summed E-state index contributed by atoms with van der Waals surface area (Å²) in [5.41, 5.74) is 0. The zero-order valence-corrected chi connectivity index (χ0v) is 12.6. The van der Waals surface area contributed by atoms with Gasteiger partial charge in [-0.2, -0.15) is 0 Å². The van der Waals surface area contributed by atoms with E-state index in [2.05, 4.69) is 17.1 Å². The summed E-state index contributed by atoms with van der Waals surface area (Å²) in [5.74, 6) is 0. The molecule has 1 aliphatic heterocycles. The van der Waals surface area contributed by atoms with Gasteiger partial charge in [0.1, 0.15) is 0 Å². The van der Waals surface area contributed by atoms with Gasteiger partial charge in [-0.15, -0.1) is 0 Å². The van der Waals surface area contributed by atoms with Crippen LogP contribution in [0.4, 0.5) is 0 Å². The lowest BCUT2D eigenvalue weighted by Gasteiger charge is -2.39. The third-order valence-corrected chi connectivity index (χ3v) is 4.80. The maximum atomic E-state index is 5.66. The second-order valence-electron chi connectivity index (χ2n) is 5.92. The highest BCUT2D eigenvalue weighted by Gasteiger charge is 2.25. The smallest absolute Gasteiger partial charge is 0.169 e. The van der Waals surface area contributed by atoms with Crippen LogP contribution in [0.15, 0.2) is 0 Å². The molecule has 0 aromatic rings. The lowest BCUT2D eigenvalue weighted by molar-refractivity contribution is 0.222. The van der Waals surface area contributed by atoms with Gasteiger partial charge in [-0.25, -0.2) is 0 Å². The number of hydrogen-bond donors (Lipinski definition) is 1. The molecular formula is C15H28N2S. The largest absolute Gasteiger partial charge is 0.360 e. The Hall–Kier alpha value is -0.310. The van der Waals surface area contributed by atoms with Crippen molar-refractivity contribution >= 4 is 17.3 Å². The van der Waals surface area contributed by atoms with Gasteiger partial charge in [0.2, 0.25) is 0 Å². The molecule has 1 saturated heterocycles. The molecule has 2 nitrogen and oxygen atoms in total. The van der Waals surface area contributed by atoms with Crippen LogP contribution in [0.5, 0.6) is 0 Å². The second-order valence-corrected chi connectivity index (χ2v) is 6.30. The standard InChI is InChI=1S/C15H28N2S/c1-2-8-14-11-6-7-12-17(14)15(18)16-13-9-4-3-5-10-13/h13-14H,2-12H2,1H3,(H,16,18). The van der Waals surface area contributed by atoms with E-state index >= 15 is 0 Å². The summed E-state index contributed by atoms with van der Waals surface area (Å²) in [6.07, 6.45) is 13.4. The van der Waals surface area contributed by atoms with Gasteiger partial charge >= 0.3 is 0 Å². The van der Waals surface area contributed by atoms with Gasteiger partial charge in [0.15, 0.2) is 5.11 Å². The Morgan fingerprint density at radius 3 is 2.56 bits per heavy atom. The fourth-order valence-corrected chi connectivity index (χ4v) is 3.81. The predicted octanol–water partition coefficient (Wildman–Crippen LogP) is 3.85. The van der Waals surface area contributed by atoms with Crippen molar-refractivity contribution in [1.29, 1.82) is 0 Å². The van der Waals surface area contributed by atoms with E-state index in [1.54, 1.807) is 0 Å². The number of rotatable bonds is 3. The van der Waals surface area contributed by atoms with E-state index < -0.39 is 0 Å². The van der Waals surface area contributed by atoms with Crippen LogP contribution in [0.2, 0.25) is 0 Å². The summed E-state index contributed by atoms with van der Waals surface area (Å²) in [5, 5.41) is 4.68. The zero-order valence-electron chi connectivity index (χ0n) is 11.8. The highest BCUT2D eigenvalue weighted by Crippen LogP contribution is 2.22. The lowest BCUT2D eigenvalue weighted by Crippen LogP contribution is -2.51. The highest BCUT2D eigenvalue weighted by atomic mass is 32.1. The van der Waals surface area contributed by atoms with E-state index in [-0.39, 0.29) is 0 Å². The number of piperidine rings is 1. The zero-order chi connectivity index (χ0) is 12.8. The van der Waals surface area contributed by atoms with Crippen LogP contribution < -0.4 is 5.32 Å². The van der Waals surface area contributed by atoms with Crippen LogP contribution in [0, 0.1) is 0 Å². The first-order valence-corrected chi connectivity index (χ1v) is 8.29. The van der Waals surface area contributed by atoms with Gasteiger partial charge < -0.3 is 10.2 Å². The minimum Gasteiger partial charge on any atom is -0.360 e. The van der Waals surface area contributed by atoms with Crippen LogP contribution in [0.1, 0.15) is 71.1 Å². The summed E-state index contributed by atoms with van der Waals surface area (Å²) >= 11 is 5.66. The van der Waals surface area contributed by atoms with Crippen molar-refractivity contribution in [2.24, 2.45) is 0 Å². The van der Waals surface area contributed by atoms with Crippen LogP contribution in [0.3, 0.4) is 0 Å². The molecule has 104 valence electrons. The first kappa shape index (κ1) is 14.1. The average Bonchev–Trinajstić information content (AvgIpc) is 2.41. The summed E-state index contributed by atoms with van der Waals surface area (Å²) in [4.78, 5) is 2.48. The molecule has 0 bridgehead atoms. The van der Waals surface area contributed by atoms with E-state index in [1.165, 1.54) is 70.8 Å². The van der Waals surface area contributed by atoms with Gasteiger partial charge in [0, 0.05) is 18.6 Å². The van der Waals surface area contributed by atoms with Crippen LogP contribution in [-0.2, 0) is 0 Å². The molecule has 0 amide bonds. The Labute approximate surface area is 118 Å². The third-order valence-electron chi connectivity index (χ3n) is 4.44. The van der Waals surface area contributed by atoms with Crippen molar-refractivity contribution in [3.8, 4) is 0 Å². The SMILES string of the molecule is CCCC1CCCCN1C(=S)NC1CCCCC1. The normalized spacial score (nSPS) is 26.1. The minimum atomic E-state index is 0.649. The Bertz CT molecular complexity index is 259. The number of nitrogens with one attached hydrogen (secondary N) is 1. The van der Waals surface area contributed by atoms with Crippen molar-refractivity contribution in [1.82, 2.24) is 10.2 Å². The monoisotopic (exact) mass is 268 g/mol. The molecule has 0 aromatic carbocycles. The molecule has 3 heteroatoms. The summed E-state index contributed by atoms with van der Waals surface area (Å²) in [7, 11) is 0. The maximum absolute atomic E-state index is 5.66. The summed E-state index contributed by atoms with van der Waals surface area (Å²) < 4.78 is 0. The lowest BCUT2D eigenvalue weighted by atomic mass is 9.95. The molecule has 18 heavy (non-hydrogen) atoms. The van der Waals surface area contributed by atoms with Crippen LogP contribution in [-0.4, -0.2) is 28.6 Å². The Morgan fingerprint density at radius 2 is 1.83 bits per heavy atom. The number of nitrogens with zero attached hydrogens (tertiary/aromatic N) is 1. The topological polar surface area (TPSA) is 15.3 Å². The number of thiocarbonyl (C=S) groups is 1.